The largest absolute Gasteiger partial charge is 0.378 e. The smallest absolute Gasteiger partial charge is 0.123 e. The zero-order chi connectivity index (χ0) is 14.1. The Morgan fingerprint density at radius 2 is 1.85 bits per heavy atom. The summed E-state index contributed by atoms with van der Waals surface area (Å²) < 4.78 is 14.2. The van der Waals surface area contributed by atoms with E-state index in [1.165, 1.54) is 18.4 Å². The molecule has 1 nitrogen and oxygen atoms in total. The van der Waals surface area contributed by atoms with Crippen LogP contribution in [-0.2, 0) is 0 Å². The van der Waals surface area contributed by atoms with Crippen LogP contribution < -0.4 is 5.32 Å². The SMILES string of the molecule is Cc1ccc(Br)cc1NC(c1ccc(F)cc1)C1CC1. The molecular weight excluding hydrogens is 317 g/mol. The molecule has 1 fully saturated rings. The third kappa shape index (κ3) is 3.04. The van der Waals surface area contributed by atoms with Gasteiger partial charge in [0.25, 0.3) is 0 Å². The summed E-state index contributed by atoms with van der Waals surface area (Å²) >= 11 is 3.52. The van der Waals surface area contributed by atoms with Crippen molar-refractivity contribution in [2.24, 2.45) is 5.92 Å². The molecule has 1 atom stereocenters. The quantitative estimate of drug-likeness (QED) is 0.783. The first-order chi connectivity index (χ1) is 9.63. The highest BCUT2D eigenvalue weighted by Crippen LogP contribution is 2.43. The molecule has 0 aromatic heterocycles. The Labute approximate surface area is 127 Å². The molecule has 0 aliphatic heterocycles. The Balaban J connectivity index is 1.88. The maximum Gasteiger partial charge on any atom is 0.123 e. The van der Waals surface area contributed by atoms with Gasteiger partial charge in [0.1, 0.15) is 5.82 Å². The van der Waals surface area contributed by atoms with Crippen molar-refractivity contribution < 1.29 is 4.39 Å². The van der Waals surface area contributed by atoms with E-state index in [0.717, 1.165) is 15.7 Å². The number of hydrogen-bond acceptors (Lipinski definition) is 1. The third-order valence-corrected chi connectivity index (χ3v) is 4.33. The molecule has 0 heterocycles. The fraction of sp³-hybridized carbons (Fsp3) is 0.294. The predicted octanol–water partition coefficient (Wildman–Crippen LogP) is 5.46. The van der Waals surface area contributed by atoms with E-state index in [0.29, 0.717) is 5.92 Å². The lowest BCUT2D eigenvalue weighted by Crippen LogP contribution is -2.13. The van der Waals surface area contributed by atoms with Crippen molar-refractivity contribution in [3.8, 4) is 0 Å². The Morgan fingerprint density at radius 3 is 2.50 bits per heavy atom. The molecule has 1 aliphatic rings. The van der Waals surface area contributed by atoms with E-state index in [9.17, 15) is 4.39 Å². The van der Waals surface area contributed by atoms with Gasteiger partial charge in [-0.05, 0) is 61.1 Å². The molecule has 1 aliphatic carbocycles. The van der Waals surface area contributed by atoms with E-state index in [-0.39, 0.29) is 11.9 Å². The molecule has 3 rings (SSSR count). The average molecular weight is 334 g/mol. The van der Waals surface area contributed by atoms with E-state index in [2.05, 4.69) is 40.3 Å². The van der Waals surface area contributed by atoms with Gasteiger partial charge in [-0.3, -0.25) is 0 Å². The molecular formula is C17H17BrFN. The van der Waals surface area contributed by atoms with Gasteiger partial charge in [-0.2, -0.15) is 0 Å². The summed E-state index contributed by atoms with van der Waals surface area (Å²) in [4.78, 5) is 0. The number of benzene rings is 2. The lowest BCUT2D eigenvalue weighted by molar-refractivity contribution is 0.622. The van der Waals surface area contributed by atoms with Crippen LogP contribution in [0, 0.1) is 18.7 Å². The summed E-state index contributed by atoms with van der Waals surface area (Å²) in [6.45, 7) is 2.10. The topological polar surface area (TPSA) is 12.0 Å². The van der Waals surface area contributed by atoms with Gasteiger partial charge in [0.2, 0.25) is 0 Å². The van der Waals surface area contributed by atoms with Gasteiger partial charge >= 0.3 is 0 Å². The summed E-state index contributed by atoms with van der Waals surface area (Å²) in [5.74, 6) is 0.473. The molecule has 20 heavy (non-hydrogen) atoms. The Hall–Kier alpha value is -1.35. The van der Waals surface area contributed by atoms with Crippen molar-refractivity contribution in [2.45, 2.75) is 25.8 Å². The first-order valence-corrected chi connectivity index (χ1v) is 7.71. The highest BCUT2D eigenvalue weighted by Gasteiger charge is 2.32. The van der Waals surface area contributed by atoms with E-state index >= 15 is 0 Å². The van der Waals surface area contributed by atoms with Crippen LogP contribution in [0.2, 0.25) is 0 Å². The van der Waals surface area contributed by atoms with E-state index in [1.807, 2.05) is 18.2 Å². The summed E-state index contributed by atoms with van der Waals surface area (Å²) in [5.41, 5.74) is 3.52. The van der Waals surface area contributed by atoms with E-state index in [1.54, 1.807) is 12.1 Å². The van der Waals surface area contributed by atoms with Gasteiger partial charge in [0, 0.05) is 10.2 Å². The zero-order valence-electron chi connectivity index (χ0n) is 11.4. The van der Waals surface area contributed by atoms with Crippen molar-refractivity contribution >= 4 is 21.6 Å². The third-order valence-electron chi connectivity index (χ3n) is 3.83. The Bertz CT molecular complexity index is 605. The fourth-order valence-electron chi connectivity index (χ4n) is 2.49. The summed E-state index contributed by atoms with van der Waals surface area (Å²) in [6.07, 6.45) is 2.48. The van der Waals surface area contributed by atoms with Crippen LogP contribution in [0.1, 0.15) is 30.0 Å². The molecule has 0 spiro atoms. The van der Waals surface area contributed by atoms with Crippen LogP contribution in [0.15, 0.2) is 46.9 Å². The second-order valence-corrected chi connectivity index (χ2v) is 6.39. The van der Waals surface area contributed by atoms with Crippen molar-refractivity contribution in [2.75, 3.05) is 5.32 Å². The Morgan fingerprint density at radius 1 is 1.15 bits per heavy atom. The molecule has 1 N–H and O–H groups in total. The van der Waals surface area contributed by atoms with Gasteiger partial charge in [0.15, 0.2) is 0 Å². The molecule has 1 unspecified atom stereocenters. The van der Waals surface area contributed by atoms with Crippen molar-refractivity contribution in [3.05, 3.63) is 63.9 Å². The molecule has 2 aromatic rings. The van der Waals surface area contributed by atoms with Crippen LogP contribution in [0.3, 0.4) is 0 Å². The van der Waals surface area contributed by atoms with Gasteiger partial charge in [-0.15, -0.1) is 0 Å². The standard InChI is InChI=1S/C17H17BrFN/c1-11-2-7-14(18)10-16(11)20-17(12-3-4-12)13-5-8-15(19)9-6-13/h2,5-10,12,17,20H,3-4H2,1H3. The minimum Gasteiger partial charge on any atom is -0.378 e. The average Bonchev–Trinajstić information content (AvgIpc) is 3.25. The molecule has 104 valence electrons. The number of halogens is 2. The number of aryl methyl sites for hydroxylation is 1. The predicted molar refractivity (Wildman–Crippen MR) is 84.4 cm³/mol. The lowest BCUT2D eigenvalue weighted by atomic mass is 10.0. The summed E-state index contributed by atoms with van der Waals surface area (Å²) in [7, 11) is 0. The molecule has 0 saturated heterocycles. The number of rotatable bonds is 4. The minimum absolute atomic E-state index is 0.179. The first kappa shape index (κ1) is 13.6. The molecule has 1 saturated carbocycles. The van der Waals surface area contributed by atoms with E-state index < -0.39 is 0 Å². The zero-order valence-corrected chi connectivity index (χ0v) is 13.0. The number of hydrogen-bond donors (Lipinski definition) is 1. The van der Waals surface area contributed by atoms with Gasteiger partial charge in [-0.25, -0.2) is 4.39 Å². The van der Waals surface area contributed by atoms with Crippen molar-refractivity contribution in [1.29, 1.82) is 0 Å². The monoisotopic (exact) mass is 333 g/mol. The van der Waals surface area contributed by atoms with Crippen LogP contribution in [-0.4, -0.2) is 0 Å². The molecule has 0 bridgehead atoms. The van der Waals surface area contributed by atoms with E-state index in [4.69, 9.17) is 0 Å². The van der Waals surface area contributed by atoms with Crippen LogP contribution in [0.25, 0.3) is 0 Å². The molecule has 2 aromatic carbocycles. The Kier molecular flexibility index (Phi) is 3.79. The summed E-state index contributed by atoms with van der Waals surface area (Å²) in [5, 5.41) is 3.63. The lowest BCUT2D eigenvalue weighted by Gasteiger charge is -2.21. The fourth-order valence-corrected chi connectivity index (χ4v) is 2.85. The number of nitrogens with one attached hydrogen (secondary N) is 1. The van der Waals surface area contributed by atoms with Gasteiger partial charge < -0.3 is 5.32 Å². The molecule has 0 radical (unpaired) electrons. The van der Waals surface area contributed by atoms with Crippen LogP contribution >= 0.6 is 15.9 Å². The van der Waals surface area contributed by atoms with Crippen LogP contribution in [0.5, 0.6) is 0 Å². The van der Waals surface area contributed by atoms with Gasteiger partial charge in [-0.1, -0.05) is 34.1 Å². The summed E-state index contributed by atoms with van der Waals surface area (Å²) in [6, 6.07) is 13.4. The second-order valence-electron chi connectivity index (χ2n) is 5.47. The maximum atomic E-state index is 13.1. The highest BCUT2D eigenvalue weighted by atomic mass is 79.9. The van der Waals surface area contributed by atoms with Crippen molar-refractivity contribution in [1.82, 2.24) is 0 Å². The van der Waals surface area contributed by atoms with Crippen LogP contribution in [0.4, 0.5) is 10.1 Å². The first-order valence-electron chi connectivity index (χ1n) is 6.91. The van der Waals surface area contributed by atoms with Gasteiger partial charge in [0.05, 0.1) is 6.04 Å². The highest BCUT2D eigenvalue weighted by molar-refractivity contribution is 9.10. The molecule has 3 heteroatoms. The minimum atomic E-state index is -0.179. The second kappa shape index (κ2) is 5.57. The normalized spacial score (nSPS) is 15.9. The van der Waals surface area contributed by atoms with Crippen molar-refractivity contribution in [3.63, 3.8) is 0 Å². The maximum absolute atomic E-state index is 13.1. The number of anilines is 1. The molecule has 0 amide bonds.